The first-order valence-electron chi connectivity index (χ1n) is 10.0. The van der Waals surface area contributed by atoms with Crippen LogP contribution in [0.15, 0.2) is 65.6 Å². The summed E-state index contributed by atoms with van der Waals surface area (Å²) < 4.78 is 28.4. The molecule has 0 saturated carbocycles. The molecule has 1 aromatic heterocycles. The molecule has 0 saturated heterocycles. The first-order chi connectivity index (χ1) is 16.2. The maximum Gasteiger partial charge on any atom is 0.271 e. The molecule has 0 unspecified atom stereocenters. The van der Waals surface area contributed by atoms with Crippen molar-refractivity contribution in [2.45, 2.75) is 11.3 Å². The quantitative estimate of drug-likeness (QED) is 0.334. The van der Waals surface area contributed by atoms with Crippen LogP contribution >= 0.6 is 34.8 Å². The van der Waals surface area contributed by atoms with Gasteiger partial charge in [-0.1, -0.05) is 59.1 Å². The monoisotopic (exact) mass is 533 g/mol. The van der Waals surface area contributed by atoms with Crippen molar-refractivity contribution in [1.82, 2.24) is 13.9 Å². The molecule has 0 aliphatic carbocycles. The number of hydrogen-bond acceptors (Lipinski definition) is 5. The van der Waals surface area contributed by atoms with Crippen LogP contribution in [0.25, 0.3) is 11.0 Å². The van der Waals surface area contributed by atoms with Crippen LogP contribution in [-0.4, -0.2) is 40.6 Å². The number of benzene rings is 3. The average molecular weight is 535 g/mol. The molecule has 0 bridgehead atoms. The molecule has 2 heterocycles. The molecule has 172 valence electrons. The molecule has 0 radical (unpaired) electrons. The molecule has 0 N–H and O–H groups in total. The number of hydrogen-bond donors (Lipinski definition) is 0. The Morgan fingerprint density at radius 3 is 2.03 bits per heavy atom. The van der Waals surface area contributed by atoms with Crippen LogP contribution in [0.5, 0.6) is 0 Å². The molecule has 7 nitrogen and oxygen atoms in total. The van der Waals surface area contributed by atoms with Gasteiger partial charge in [0.05, 0.1) is 37.2 Å². The first kappa shape index (κ1) is 22.9. The van der Waals surface area contributed by atoms with Crippen molar-refractivity contribution < 1.29 is 18.0 Å². The van der Waals surface area contributed by atoms with Crippen LogP contribution in [0.4, 0.5) is 0 Å². The van der Waals surface area contributed by atoms with E-state index in [0.717, 1.165) is 8.87 Å². The SMILES string of the molecule is O=C1c2ccccc2C(=O)N1CCc1nc2cc(Cl)c(Cl)cc2n1S(=O)(=O)c1ccccc1Cl. The molecular weight excluding hydrogens is 521 g/mol. The zero-order valence-electron chi connectivity index (χ0n) is 17.2. The predicted molar refractivity (Wildman–Crippen MR) is 129 cm³/mol. The number of carbonyl (C=O) groups is 2. The standard InChI is InChI=1S/C23H14Cl3N3O4S/c24-15-7-3-4-8-20(15)34(32,33)29-19-12-17(26)16(25)11-18(19)27-21(29)9-10-28-22(30)13-5-1-2-6-14(13)23(28)31/h1-8,11-12H,9-10H2. The summed E-state index contributed by atoms with van der Waals surface area (Å²) in [6, 6.07) is 15.4. The fourth-order valence-electron chi connectivity index (χ4n) is 3.93. The van der Waals surface area contributed by atoms with Gasteiger partial charge in [-0.05, 0) is 36.4 Å². The molecule has 1 aliphatic rings. The number of amides is 2. The number of carbonyl (C=O) groups excluding carboxylic acids is 2. The summed E-state index contributed by atoms with van der Waals surface area (Å²) in [7, 11) is -4.21. The van der Waals surface area contributed by atoms with Gasteiger partial charge in [0.15, 0.2) is 0 Å². The zero-order chi connectivity index (χ0) is 24.2. The van der Waals surface area contributed by atoms with Gasteiger partial charge < -0.3 is 0 Å². The Kier molecular flexibility index (Phi) is 5.64. The topological polar surface area (TPSA) is 89.3 Å². The van der Waals surface area contributed by atoms with Gasteiger partial charge in [0, 0.05) is 13.0 Å². The molecule has 2 amide bonds. The van der Waals surface area contributed by atoms with E-state index in [1.807, 2.05) is 0 Å². The molecule has 5 rings (SSSR count). The van der Waals surface area contributed by atoms with E-state index in [1.165, 1.54) is 24.3 Å². The lowest BCUT2D eigenvalue weighted by Crippen LogP contribution is -2.32. The Balaban J connectivity index is 1.60. The molecule has 4 aromatic rings. The molecule has 0 spiro atoms. The number of imidazole rings is 1. The lowest BCUT2D eigenvalue weighted by molar-refractivity contribution is 0.0655. The van der Waals surface area contributed by atoms with Crippen molar-refractivity contribution in [3.63, 3.8) is 0 Å². The van der Waals surface area contributed by atoms with E-state index >= 15 is 0 Å². The van der Waals surface area contributed by atoms with E-state index in [-0.39, 0.29) is 44.3 Å². The van der Waals surface area contributed by atoms with Gasteiger partial charge in [0.1, 0.15) is 10.7 Å². The van der Waals surface area contributed by atoms with Gasteiger partial charge in [0.25, 0.3) is 21.8 Å². The van der Waals surface area contributed by atoms with Crippen LogP contribution in [0.3, 0.4) is 0 Å². The second-order valence-electron chi connectivity index (χ2n) is 7.54. The number of fused-ring (bicyclic) bond motifs is 2. The highest BCUT2D eigenvalue weighted by atomic mass is 35.5. The molecule has 34 heavy (non-hydrogen) atoms. The Hall–Kier alpha value is -2.91. The normalized spacial score (nSPS) is 13.7. The van der Waals surface area contributed by atoms with Crippen LogP contribution in [0.1, 0.15) is 26.5 Å². The highest BCUT2D eigenvalue weighted by Gasteiger charge is 2.35. The second kappa shape index (κ2) is 8.39. The van der Waals surface area contributed by atoms with Gasteiger partial charge in [-0.15, -0.1) is 0 Å². The molecule has 1 aliphatic heterocycles. The smallest absolute Gasteiger partial charge is 0.271 e. The van der Waals surface area contributed by atoms with E-state index in [2.05, 4.69) is 4.98 Å². The second-order valence-corrected chi connectivity index (χ2v) is 10.5. The number of imide groups is 1. The van der Waals surface area contributed by atoms with Crippen molar-refractivity contribution in [2.75, 3.05) is 6.54 Å². The highest BCUT2D eigenvalue weighted by molar-refractivity contribution is 7.90. The summed E-state index contributed by atoms with van der Waals surface area (Å²) in [5, 5.41) is 0.396. The summed E-state index contributed by atoms with van der Waals surface area (Å²) >= 11 is 18.5. The van der Waals surface area contributed by atoms with Crippen LogP contribution in [0, 0.1) is 0 Å². The van der Waals surface area contributed by atoms with Crippen LogP contribution < -0.4 is 0 Å². The van der Waals surface area contributed by atoms with Gasteiger partial charge in [-0.3, -0.25) is 14.5 Å². The number of rotatable bonds is 5. The minimum absolute atomic E-state index is 0.0287. The summed E-state index contributed by atoms with van der Waals surface area (Å²) in [5.74, 6) is -0.781. The van der Waals surface area contributed by atoms with Crippen molar-refractivity contribution in [3.05, 3.63) is 92.7 Å². The third kappa shape index (κ3) is 3.58. The Bertz CT molecular complexity index is 1580. The molecule has 0 fully saturated rings. The number of aromatic nitrogens is 2. The van der Waals surface area contributed by atoms with Crippen molar-refractivity contribution in [3.8, 4) is 0 Å². The Morgan fingerprint density at radius 1 is 0.794 bits per heavy atom. The number of nitrogens with zero attached hydrogens (tertiary/aromatic N) is 3. The van der Waals surface area contributed by atoms with Crippen LogP contribution in [-0.2, 0) is 16.4 Å². The van der Waals surface area contributed by atoms with Crippen molar-refractivity contribution >= 4 is 67.7 Å². The van der Waals surface area contributed by atoms with Gasteiger partial charge >= 0.3 is 0 Å². The Labute approximate surface area is 209 Å². The largest absolute Gasteiger partial charge is 0.274 e. The van der Waals surface area contributed by atoms with Crippen LogP contribution in [0.2, 0.25) is 15.1 Å². The van der Waals surface area contributed by atoms with E-state index in [9.17, 15) is 18.0 Å². The van der Waals surface area contributed by atoms with Crippen molar-refractivity contribution in [2.24, 2.45) is 0 Å². The fourth-order valence-corrected chi connectivity index (χ4v) is 6.25. The average Bonchev–Trinajstić information content (AvgIpc) is 3.28. The number of halogens is 3. The molecule has 3 aromatic carbocycles. The molecule has 0 atom stereocenters. The van der Waals surface area contributed by atoms with E-state index < -0.39 is 21.8 Å². The minimum Gasteiger partial charge on any atom is -0.274 e. The highest BCUT2D eigenvalue weighted by Crippen LogP contribution is 2.33. The predicted octanol–water partition coefficient (Wildman–Crippen LogP) is 5.07. The van der Waals surface area contributed by atoms with Gasteiger partial charge in [-0.2, -0.15) is 0 Å². The summed E-state index contributed by atoms with van der Waals surface area (Å²) in [6.07, 6.45) is -0.0287. The molecule has 11 heteroatoms. The lowest BCUT2D eigenvalue weighted by Gasteiger charge is -2.15. The van der Waals surface area contributed by atoms with Crippen molar-refractivity contribution in [1.29, 1.82) is 0 Å². The summed E-state index contributed by atoms with van der Waals surface area (Å²) in [6.45, 7) is -0.0742. The van der Waals surface area contributed by atoms with E-state index in [0.29, 0.717) is 16.6 Å². The fraction of sp³-hybridized carbons (Fsp3) is 0.0870. The van der Waals surface area contributed by atoms with Gasteiger partial charge in [0.2, 0.25) is 0 Å². The minimum atomic E-state index is -4.21. The summed E-state index contributed by atoms with van der Waals surface area (Å²) in [5.41, 5.74) is 1.11. The lowest BCUT2D eigenvalue weighted by atomic mass is 10.1. The Morgan fingerprint density at radius 2 is 1.38 bits per heavy atom. The zero-order valence-corrected chi connectivity index (χ0v) is 20.3. The maximum absolute atomic E-state index is 13.7. The maximum atomic E-state index is 13.7. The summed E-state index contributed by atoms with van der Waals surface area (Å²) in [4.78, 5) is 30.9. The third-order valence-electron chi connectivity index (χ3n) is 5.51. The van der Waals surface area contributed by atoms with E-state index in [1.54, 1.807) is 36.4 Å². The molecular formula is C23H14Cl3N3O4S. The van der Waals surface area contributed by atoms with E-state index in [4.69, 9.17) is 34.8 Å². The third-order valence-corrected chi connectivity index (χ3v) is 8.48. The van der Waals surface area contributed by atoms with Gasteiger partial charge in [-0.25, -0.2) is 17.4 Å². The first-order valence-corrected chi connectivity index (χ1v) is 12.6.